The molecule has 1 amide bonds. The van der Waals surface area contributed by atoms with Crippen molar-refractivity contribution >= 4 is 17.6 Å². The van der Waals surface area contributed by atoms with Crippen LogP contribution >= 0.6 is 0 Å². The number of nitrogens with two attached hydrogens (primary N) is 1. The second-order valence-corrected chi connectivity index (χ2v) is 8.52. The number of para-hydroxylation sites is 1. The fourth-order valence-electron chi connectivity index (χ4n) is 4.77. The van der Waals surface area contributed by atoms with Crippen LogP contribution in [0.5, 0.6) is 0 Å². The summed E-state index contributed by atoms with van der Waals surface area (Å²) in [6.07, 6.45) is 6.08. The molecule has 5 nitrogen and oxygen atoms in total. The summed E-state index contributed by atoms with van der Waals surface area (Å²) in [5.41, 5.74) is 10.3. The quantitative estimate of drug-likeness (QED) is 0.573. The highest BCUT2D eigenvalue weighted by Crippen LogP contribution is 2.41. The predicted molar refractivity (Wildman–Crippen MR) is 124 cm³/mol. The van der Waals surface area contributed by atoms with Crippen LogP contribution in [0.4, 0.5) is 5.69 Å². The fraction of sp³-hybridized carbons (Fsp3) is 0.462. The van der Waals surface area contributed by atoms with Gasteiger partial charge in [-0.1, -0.05) is 55.8 Å². The number of nitrogens with zero attached hydrogens (tertiary/aromatic N) is 1. The molecule has 0 radical (unpaired) electrons. The zero-order valence-corrected chi connectivity index (χ0v) is 18.4. The number of carbonyl (C=O) groups excluding carboxylic acids is 1. The Morgan fingerprint density at radius 1 is 1.03 bits per heavy atom. The average Bonchev–Trinajstić information content (AvgIpc) is 2.78. The fourth-order valence-corrected chi connectivity index (χ4v) is 4.77. The van der Waals surface area contributed by atoms with E-state index in [9.17, 15) is 9.59 Å². The van der Waals surface area contributed by atoms with Gasteiger partial charge in [0.25, 0.3) is 0 Å². The third-order valence-corrected chi connectivity index (χ3v) is 6.31. The molecule has 0 aliphatic carbocycles. The van der Waals surface area contributed by atoms with Crippen molar-refractivity contribution < 1.29 is 14.7 Å². The second-order valence-electron chi connectivity index (χ2n) is 8.52. The lowest BCUT2D eigenvalue weighted by Crippen LogP contribution is -2.32. The minimum Gasteiger partial charge on any atom is -0.481 e. The van der Waals surface area contributed by atoms with Crippen LogP contribution in [-0.4, -0.2) is 30.1 Å². The van der Waals surface area contributed by atoms with Crippen LogP contribution in [0.3, 0.4) is 0 Å². The Labute approximate surface area is 185 Å². The van der Waals surface area contributed by atoms with Crippen molar-refractivity contribution in [1.29, 1.82) is 0 Å². The monoisotopic (exact) mass is 422 g/mol. The molecule has 2 aromatic carbocycles. The van der Waals surface area contributed by atoms with E-state index in [4.69, 9.17) is 10.8 Å². The van der Waals surface area contributed by atoms with Crippen LogP contribution in [0.25, 0.3) is 0 Å². The van der Waals surface area contributed by atoms with Crippen LogP contribution in [0.15, 0.2) is 48.5 Å². The molecule has 3 N–H and O–H groups in total. The maximum Gasteiger partial charge on any atom is 0.303 e. The molecule has 166 valence electrons. The van der Waals surface area contributed by atoms with Gasteiger partial charge in [-0.3, -0.25) is 9.59 Å². The zero-order chi connectivity index (χ0) is 22.2. The average molecular weight is 423 g/mol. The Hall–Kier alpha value is -2.82. The van der Waals surface area contributed by atoms with Crippen LogP contribution in [0, 0.1) is 0 Å². The SMILES string of the molecule is CCCC(c1ccccc1N1CCCCC1)C(C(N)=O)c1ccc(CCC(=O)O)cc1. The molecule has 1 aliphatic heterocycles. The zero-order valence-electron chi connectivity index (χ0n) is 18.4. The van der Waals surface area contributed by atoms with E-state index < -0.39 is 11.9 Å². The molecule has 1 heterocycles. The van der Waals surface area contributed by atoms with Crippen molar-refractivity contribution in [3.63, 3.8) is 0 Å². The van der Waals surface area contributed by atoms with Crippen molar-refractivity contribution in [2.24, 2.45) is 5.73 Å². The van der Waals surface area contributed by atoms with E-state index in [0.29, 0.717) is 6.42 Å². The van der Waals surface area contributed by atoms with Gasteiger partial charge in [0.2, 0.25) is 5.91 Å². The Morgan fingerprint density at radius 2 is 1.71 bits per heavy atom. The summed E-state index contributed by atoms with van der Waals surface area (Å²) in [7, 11) is 0. The molecule has 1 saturated heterocycles. The third kappa shape index (κ3) is 5.87. The molecule has 1 aliphatic rings. The highest BCUT2D eigenvalue weighted by Gasteiger charge is 2.31. The molecule has 0 saturated carbocycles. The van der Waals surface area contributed by atoms with Crippen molar-refractivity contribution in [3.05, 3.63) is 65.2 Å². The smallest absolute Gasteiger partial charge is 0.303 e. The van der Waals surface area contributed by atoms with Crippen molar-refractivity contribution in [2.45, 2.75) is 63.7 Å². The number of carboxylic acid groups (broad SMARTS) is 1. The Kier molecular flexibility index (Phi) is 8.10. The number of aryl methyl sites for hydroxylation is 1. The Balaban J connectivity index is 1.94. The van der Waals surface area contributed by atoms with Crippen LogP contribution in [0.2, 0.25) is 0 Å². The topological polar surface area (TPSA) is 83.6 Å². The lowest BCUT2D eigenvalue weighted by molar-refractivity contribution is -0.137. The summed E-state index contributed by atoms with van der Waals surface area (Å²) in [6.45, 7) is 4.24. The van der Waals surface area contributed by atoms with Gasteiger partial charge in [0.15, 0.2) is 0 Å². The highest BCUT2D eigenvalue weighted by atomic mass is 16.4. The molecule has 2 aromatic rings. The van der Waals surface area contributed by atoms with Crippen LogP contribution in [-0.2, 0) is 16.0 Å². The molecule has 2 unspecified atom stereocenters. The molecule has 5 heteroatoms. The number of benzene rings is 2. The van der Waals surface area contributed by atoms with E-state index in [1.54, 1.807) is 0 Å². The van der Waals surface area contributed by atoms with Gasteiger partial charge in [-0.25, -0.2) is 0 Å². The van der Waals surface area contributed by atoms with E-state index in [-0.39, 0.29) is 18.2 Å². The maximum atomic E-state index is 12.7. The molecular formula is C26H34N2O3. The van der Waals surface area contributed by atoms with Crippen LogP contribution in [0.1, 0.15) is 74.0 Å². The number of amides is 1. The van der Waals surface area contributed by atoms with Crippen LogP contribution < -0.4 is 10.6 Å². The van der Waals surface area contributed by atoms with Gasteiger partial charge in [-0.05, 0) is 54.9 Å². The number of piperidine rings is 1. The Morgan fingerprint density at radius 3 is 2.32 bits per heavy atom. The number of hydrogen-bond acceptors (Lipinski definition) is 3. The standard InChI is InChI=1S/C26H34N2O3/c1-2-8-22(21-9-4-5-10-23(21)28-17-6-3-7-18-28)25(26(27)31)20-14-11-19(12-15-20)13-16-24(29)30/h4-5,9-12,14-15,22,25H,2-3,6-8,13,16-18H2,1H3,(H2,27,31)(H,29,30). The number of hydrogen-bond donors (Lipinski definition) is 2. The highest BCUT2D eigenvalue weighted by molar-refractivity contribution is 5.83. The van der Waals surface area contributed by atoms with Crippen molar-refractivity contribution in [1.82, 2.24) is 0 Å². The van der Waals surface area contributed by atoms with Gasteiger partial charge >= 0.3 is 5.97 Å². The minimum absolute atomic E-state index is 0.00509. The van der Waals surface area contributed by atoms with Gasteiger partial charge in [-0.15, -0.1) is 0 Å². The molecule has 3 rings (SSSR count). The maximum absolute atomic E-state index is 12.7. The predicted octanol–water partition coefficient (Wildman–Crippen LogP) is 4.85. The van der Waals surface area contributed by atoms with Gasteiger partial charge in [0.05, 0.1) is 5.92 Å². The first-order valence-corrected chi connectivity index (χ1v) is 11.4. The molecule has 0 bridgehead atoms. The first-order chi connectivity index (χ1) is 15.0. The first-order valence-electron chi connectivity index (χ1n) is 11.4. The van der Waals surface area contributed by atoms with E-state index in [2.05, 4.69) is 36.1 Å². The summed E-state index contributed by atoms with van der Waals surface area (Å²) in [5.74, 6) is -1.54. The van der Waals surface area contributed by atoms with E-state index in [1.165, 1.54) is 30.5 Å². The largest absolute Gasteiger partial charge is 0.481 e. The van der Waals surface area contributed by atoms with Crippen molar-refractivity contribution in [2.75, 3.05) is 18.0 Å². The van der Waals surface area contributed by atoms with E-state index in [0.717, 1.165) is 37.1 Å². The van der Waals surface area contributed by atoms with E-state index >= 15 is 0 Å². The third-order valence-electron chi connectivity index (χ3n) is 6.31. The van der Waals surface area contributed by atoms with E-state index in [1.807, 2.05) is 24.3 Å². The molecule has 31 heavy (non-hydrogen) atoms. The second kappa shape index (κ2) is 11.0. The summed E-state index contributed by atoms with van der Waals surface area (Å²) in [5, 5.41) is 8.92. The van der Waals surface area contributed by atoms with Gasteiger partial charge < -0.3 is 15.7 Å². The van der Waals surface area contributed by atoms with Gasteiger partial charge in [-0.2, -0.15) is 0 Å². The lowest BCUT2D eigenvalue weighted by Gasteiger charge is -2.34. The molecule has 0 spiro atoms. The van der Waals surface area contributed by atoms with Crippen molar-refractivity contribution in [3.8, 4) is 0 Å². The summed E-state index contributed by atoms with van der Waals surface area (Å²) < 4.78 is 0. The molecule has 2 atom stereocenters. The first kappa shape index (κ1) is 22.9. The number of carboxylic acids is 1. The van der Waals surface area contributed by atoms with Gasteiger partial charge in [0.1, 0.15) is 0 Å². The number of rotatable bonds is 10. The number of anilines is 1. The summed E-state index contributed by atoms with van der Waals surface area (Å²) in [4.78, 5) is 26.0. The lowest BCUT2D eigenvalue weighted by atomic mass is 9.77. The number of aliphatic carboxylic acids is 1. The number of carbonyl (C=O) groups is 2. The summed E-state index contributed by atoms with van der Waals surface area (Å²) >= 11 is 0. The Bertz CT molecular complexity index is 872. The minimum atomic E-state index is -0.809. The molecule has 1 fully saturated rings. The normalized spacial score (nSPS) is 16.0. The van der Waals surface area contributed by atoms with Gasteiger partial charge in [0, 0.05) is 31.1 Å². The molecule has 0 aromatic heterocycles. The molecular weight excluding hydrogens is 388 g/mol. The number of primary amides is 1. The summed E-state index contributed by atoms with van der Waals surface area (Å²) in [6, 6.07) is 16.2.